The lowest BCUT2D eigenvalue weighted by atomic mass is 9.87. The molecule has 0 aliphatic carbocycles. The predicted octanol–water partition coefficient (Wildman–Crippen LogP) is 5.35. The van der Waals surface area contributed by atoms with Gasteiger partial charge in [0, 0.05) is 20.1 Å². The van der Waals surface area contributed by atoms with Gasteiger partial charge in [-0.15, -0.1) is 0 Å². The van der Waals surface area contributed by atoms with Crippen LogP contribution in [-0.4, -0.2) is 58.4 Å². The minimum Gasteiger partial charge on any atom is -0.507 e. The Labute approximate surface area is 256 Å². The fourth-order valence-electron chi connectivity index (χ4n) is 5.79. The summed E-state index contributed by atoms with van der Waals surface area (Å²) in [5.74, 6) is 1.69. The van der Waals surface area contributed by atoms with Crippen LogP contribution in [0.15, 0.2) is 60.7 Å². The Kier molecular flexibility index (Phi) is 7.90. The topological polar surface area (TPSA) is 115 Å². The van der Waals surface area contributed by atoms with E-state index < -0.39 is 11.9 Å². The number of aryl methyl sites for hydroxylation is 1. The average Bonchev–Trinajstić information content (AvgIpc) is 3.42. The lowest BCUT2D eigenvalue weighted by Gasteiger charge is -2.38. The van der Waals surface area contributed by atoms with Crippen molar-refractivity contribution in [2.45, 2.75) is 38.6 Å². The molecule has 10 heteroatoms. The Bertz CT molecular complexity index is 1730. The lowest BCUT2D eigenvalue weighted by Crippen LogP contribution is -2.41. The van der Waals surface area contributed by atoms with E-state index in [2.05, 4.69) is 24.3 Å². The average molecular weight is 597 g/mol. The molecule has 3 aromatic carbocycles. The van der Waals surface area contributed by atoms with Crippen molar-refractivity contribution < 1.29 is 28.9 Å². The van der Waals surface area contributed by atoms with Gasteiger partial charge in [-0.25, -0.2) is 0 Å². The van der Waals surface area contributed by atoms with E-state index in [0.717, 1.165) is 22.4 Å². The van der Waals surface area contributed by atoms with E-state index >= 15 is 0 Å². The Balaban J connectivity index is 1.46. The largest absolute Gasteiger partial charge is 0.507 e. The first-order valence-corrected chi connectivity index (χ1v) is 14.8. The number of methoxy groups -OCH3 is 1. The Morgan fingerprint density at radius 1 is 1.09 bits per heavy atom. The molecule has 10 nitrogen and oxygen atoms in total. The van der Waals surface area contributed by atoms with Crippen LogP contribution < -0.4 is 19.5 Å². The summed E-state index contributed by atoms with van der Waals surface area (Å²) in [6.45, 7) is 5.25. The van der Waals surface area contributed by atoms with Gasteiger partial charge in [0.2, 0.25) is 0 Å². The summed E-state index contributed by atoms with van der Waals surface area (Å²) in [4.78, 5) is 28.9. The number of aromatic nitrogens is 2. The van der Waals surface area contributed by atoms with Crippen LogP contribution >= 0.6 is 0 Å². The number of nitrogens with one attached hydrogen (secondary N) is 1. The maximum atomic E-state index is 14.2. The molecule has 8 bridgehead atoms. The van der Waals surface area contributed by atoms with Gasteiger partial charge in [-0.3, -0.25) is 14.3 Å². The summed E-state index contributed by atoms with van der Waals surface area (Å²) in [5, 5.41) is 17.8. The number of carbonyl (C=O) groups excluding carboxylic acids is 2. The summed E-state index contributed by atoms with van der Waals surface area (Å²) in [6, 6.07) is 17.7. The fraction of sp³-hybridized carbons (Fsp3) is 0.324. The van der Waals surface area contributed by atoms with Crippen LogP contribution in [0.25, 0.3) is 0 Å². The highest BCUT2D eigenvalue weighted by molar-refractivity contribution is 5.97. The maximum Gasteiger partial charge on any atom is 0.272 e. The van der Waals surface area contributed by atoms with Crippen molar-refractivity contribution in [2.24, 2.45) is 7.05 Å². The van der Waals surface area contributed by atoms with Crippen LogP contribution in [-0.2, 0) is 13.5 Å². The molecule has 4 heterocycles. The number of fused-ring (bicyclic) bond motifs is 6. The Morgan fingerprint density at radius 2 is 1.89 bits per heavy atom. The maximum absolute atomic E-state index is 14.2. The quantitative estimate of drug-likeness (QED) is 0.328. The van der Waals surface area contributed by atoms with E-state index in [1.54, 1.807) is 24.9 Å². The Morgan fingerprint density at radius 3 is 2.66 bits per heavy atom. The SMILES string of the molecule is COc1ccc2cc1OCCCNC(=O)c1cc(ccc1O)Oc1ccc3c(c1)CCN(C(=O)c1cc(C(C)C)nn1C)C23. The van der Waals surface area contributed by atoms with Crippen molar-refractivity contribution in [2.75, 3.05) is 26.8 Å². The number of benzene rings is 3. The third-order valence-corrected chi connectivity index (χ3v) is 8.13. The third-order valence-electron chi connectivity index (χ3n) is 8.13. The minimum atomic E-state index is -0.402. The zero-order valence-corrected chi connectivity index (χ0v) is 25.3. The third kappa shape index (κ3) is 5.55. The van der Waals surface area contributed by atoms with E-state index in [9.17, 15) is 14.7 Å². The predicted molar refractivity (Wildman–Crippen MR) is 164 cm³/mol. The molecule has 2 N–H and O–H groups in total. The summed E-state index contributed by atoms with van der Waals surface area (Å²) < 4.78 is 19.6. The number of amides is 2. The zero-order chi connectivity index (χ0) is 31.0. The van der Waals surface area contributed by atoms with Gasteiger partial charge in [0.25, 0.3) is 11.8 Å². The molecule has 3 aliphatic rings. The van der Waals surface area contributed by atoms with E-state index in [0.29, 0.717) is 61.2 Å². The first-order chi connectivity index (χ1) is 21.2. The highest BCUT2D eigenvalue weighted by Gasteiger charge is 2.35. The number of carbonyl (C=O) groups is 2. The van der Waals surface area contributed by atoms with E-state index in [1.807, 2.05) is 47.4 Å². The molecular weight excluding hydrogens is 560 g/mol. The molecule has 1 unspecified atom stereocenters. The number of hydrogen-bond acceptors (Lipinski definition) is 7. The molecule has 0 saturated carbocycles. The van der Waals surface area contributed by atoms with Crippen molar-refractivity contribution in [1.29, 1.82) is 0 Å². The van der Waals surface area contributed by atoms with Gasteiger partial charge in [-0.05, 0) is 84.0 Å². The van der Waals surface area contributed by atoms with Crippen LogP contribution in [0.5, 0.6) is 28.7 Å². The van der Waals surface area contributed by atoms with Crippen LogP contribution in [0.2, 0.25) is 0 Å². The second kappa shape index (κ2) is 11.9. The first kappa shape index (κ1) is 29.1. The van der Waals surface area contributed by atoms with Gasteiger partial charge in [-0.2, -0.15) is 5.10 Å². The number of hydrogen-bond donors (Lipinski definition) is 2. The number of rotatable bonds is 3. The smallest absolute Gasteiger partial charge is 0.272 e. The second-order valence-corrected chi connectivity index (χ2v) is 11.4. The van der Waals surface area contributed by atoms with Gasteiger partial charge in [-0.1, -0.05) is 26.0 Å². The zero-order valence-electron chi connectivity index (χ0n) is 25.3. The molecule has 7 rings (SSSR count). The monoisotopic (exact) mass is 596 g/mol. The standard InChI is InChI=1S/C34H36N4O6/c1-20(2)27-19-28(37(3)36-27)34(41)38-14-12-21-16-23-7-9-25(21)32(38)22-6-11-30(42-4)31(17-22)43-15-5-13-35-33(40)26-18-24(44-23)8-10-29(26)39/h6-11,16-20,32,39H,5,12-15H2,1-4H3,(H,35,40). The number of phenols is 1. The highest BCUT2D eigenvalue weighted by atomic mass is 16.5. The van der Waals surface area contributed by atoms with Crippen LogP contribution in [0.1, 0.15) is 75.5 Å². The van der Waals surface area contributed by atoms with Crippen molar-refractivity contribution in [3.63, 3.8) is 0 Å². The summed E-state index contributed by atoms with van der Waals surface area (Å²) in [5.41, 5.74) is 4.43. The van der Waals surface area contributed by atoms with E-state index in [1.165, 1.54) is 12.1 Å². The molecule has 1 aromatic heterocycles. The molecule has 0 fully saturated rings. The van der Waals surface area contributed by atoms with Gasteiger partial charge < -0.3 is 29.5 Å². The van der Waals surface area contributed by atoms with Crippen molar-refractivity contribution in [3.8, 4) is 28.7 Å². The lowest BCUT2D eigenvalue weighted by molar-refractivity contribution is 0.0682. The van der Waals surface area contributed by atoms with Crippen molar-refractivity contribution in [3.05, 3.63) is 94.3 Å². The summed E-state index contributed by atoms with van der Waals surface area (Å²) >= 11 is 0. The normalized spacial score (nSPS) is 16.4. The van der Waals surface area contributed by atoms with Gasteiger partial charge in [0.15, 0.2) is 11.5 Å². The van der Waals surface area contributed by atoms with E-state index in [-0.39, 0.29) is 23.1 Å². The Hall–Kier alpha value is -4.99. The number of nitrogens with zero attached hydrogens (tertiary/aromatic N) is 3. The molecule has 228 valence electrons. The molecule has 4 aromatic rings. The molecule has 3 aliphatic heterocycles. The molecule has 0 saturated heterocycles. The second-order valence-electron chi connectivity index (χ2n) is 11.4. The fourth-order valence-corrected chi connectivity index (χ4v) is 5.79. The number of ether oxygens (including phenoxy) is 3. The van der Waals surface area contributed by atoms with Crippen LogP contribution in [0, 0.1) is 0 Å². The molecule has 1 atom stereocenters. The number of phenolic OH excluding ortho intramolecular Hbond substituents is 1. The molecular formula is C34H36N4O6. The molecule has 0 spiro atoms. The minimum absolute atomic E-state index is 0.101. The van der Waals surface area contributed by atoms with E-state index in [4.69, 9.17) is 14.2 Å². The molecule has 2 amide bonds. The molecule has 0 radical (unpaired) electrons. The summed E-state index contributed by atoms with van der Waals surface area (Å²) in [6.07, 6.45) is 1.14. The van der Waals surface area contributed by atoms with Crippen molar-refractivity contribution >= 4 is 11.8 Å². The van der Waals surface area contributed by atoms with Gasteiger partial charge in [0.05, 0.1) is 31.0 Å². The highest BCUT2D eigenvalue weighted by Crippen LogP contribution is 2.41. The van der Waals surface area contributed by atoms with Crippen molar-refractivity contribution in [1.82, 2.24) is 20.0 Å². The summed E-state index contributed by atoms with van der Waals surface area (Å²) in [7, 11) is 3.39. The van der Waals surface area contributed by atoms with Crippen LogP contribution in [0.3, 0.4) is 0 Å². The number of aromatic hydroxyl groups is 1. The molecule has 44 heavy (non-hydrogen) atoms. The first-order valence-electron chi connectivity index (χ1n) is 14.8. The van der Waals surface area contributed by atoms with Gasteiger partial charge >= 0.3 is 0 Å². The van der Waals surface area contributed by atoms with Gasteiger partial charge in [0.1, 0.15) is 22.9 Å². The van der Waals surface area contributed by atoms with Crippen LogP contribution in [0.4, 0.5) is 0 Å².